The molecule has 1 amide bonds. The molecule has 0 fully saturated rings. The maximum atomic E-state index is 12.1. The number of amides is 1. The smallest absolute Gasteiger partial charge is 0.254 e. The zero-order chi connectivity index (χ0) is 15.6. The standard InChI is InChI=1S/C16H19N3O2/c1-9-5-6-13(7-10(9)2)19-15(20)8-14-11(3)17-12(4)18-16(14)21/h5-7H,8H2,1-4H3,(H,19,20)(H,17,18,21). The molecule has 0 radical (unpaired) electrons. The summed E-state index contributed by atoms with van der Waals surface area (Å²) >= 11 is 0. The Morgan fingerprint density at radius 3 is 2.52 bits per heavy atom. The van der Waals surface area contributed by atoms with Crippen LogP contribution >= 0.6 is 0 Å². The van der Waals surface area contributed by atoms with E-state index in [0.29, 0.717) is 17.1 Å². The molecule has 5 nitrogen and oxygen atoms in total. The SMILES string of the molecule is Cc1nc(C)c(CC(=O)Nc2ccc(C)c(C)c2)c(=O)[nH]1. The van der Waals surface area contributed by atoms with Crippen LogP contribution in [-0.2, 0) is 11.2 Å². The van der Waals surface area contributed by atoms with Crippen molar-refractivity contribution in [3.05, 3.63) is 56.8 Å². The number of carbonyl (C=O) groups excluding carboxylic acids is 1. The Hall–Kier alpha value is -2.43. The molecule has 5 heteroatoms. The quantitative estimate of drug-likeness (QED) is 0.907. The third kappa shape index (κ3) is 3.56. The maximum absolute atomic E-state index is 12.1. The van der Waals surface area contributed by atoms with Crippen LogP contribution in [0.2, 0.25) is 0 Å². The van der Waals surface area contributed by atoms with Crippen molar-refractivity contribution in [2.75, 3.05) is 5.32 Å². The summed E-state index contributed by atoms with van der Waals surface area (Å²) in [5.41, 5.74) is 3.75. The topological polar surface area (TPSA) is 74.8 Å². The van der Waals surface area contributed by atoms with E-state index in [9.17, 15) is 9.59 Å². The fraction of sp³-hybridized carbons (Fsp3) is 0.312. The van der Waals surface area contributed by atoms with E-state index in [1.807, 2.05) is 32.0 Å². The lowest BCUT2D eigenvalue weighted by atomic mass is 10.1. The van der Waals surface area contributed by atoms with Crippen LogP contribution in [0.25, 0.3) is 0 Å². The van der Waals surface area contributed by atoms with Crippen LogP contribution in [0.3, 0.4) is 0 Å². The van der Waals surface area contributed by atoms with Gasteiger partial charge in [-0.15, -0.1) is 0 Å². The number of hydrogen-bond acceptors (Lipinski definition) is 3. The first-order chi connectivity index (χ1) is 9.86. The fourth-order valence-electron chi connectivity index (χ4n) is 2.14. The Kier molecular flexibility index (Phi) is 4.21. The number of carbonyl (C=O) groups is 1. The van der Waals surface area contributed by atoms with Gasteiger partial charge >= 0.3 is 0 Å². The second-order valence-electron chi connectivity index (χ2n) is 5.24. The number of anilines is 1. The molecule has 0 unspecified atom stereocenters. The Bertz CT molecular complexity index is 748. The lowest BCUT2D eigenvalue weighted by Crippen LogP contribution is -2.24. The Morgan fingerprint density at radius 1 is 1.19 bits per heavy atom. The molecule has 1 heterocycles. The second kappa shape index (κ2) is 5.91. The molecule has 0 bridgehead atoms. The summed E-state index contributed by atoms with van der Waals surface area (Å²) in [7, 11) is 0. The zero-order valence-electron chi connectivity index (χ0n) is 12.7. The Morgan fingerprint density at radius 2 is 1.90 bits per heavy atom. The zero-order valence-corrected chi connectivity index (χ0v) is 12.7. The largest absolute Gasteiger partial charge is 0.326 e. The van der Waals surface area contributed by atoms with Crippen LogP contribution in [-0.4, -0.2) is 15.9 Å². The third-order valence-corrected chi connectivity index (χ3v) is 3.47. The van der Waals surface area contributed by atoms with Gasteiger partial charge < -0.3 is 10.3 Å². The van der Waals surface area contributed by atoms with Crippen molar-refractivity contribution in [3.8, 4) is 0 Å². The van der Waals surface area contributed by atoms with E-state index in [4.69, 9.17) is 0 Å². The normalized spacial score (nSPS) is 10.5. The van der Waals surface area contributed by atoms with Gasteiger partial charge in [-0.3, -0.25) is 9.59 Å². The molecular formula is C16H19N3O2. The van der Waals surface area contributed by atoms with E-state index < -0.39 is 0 Å². The summed E-state index contributed by atoms with van der Waals surface area (Å²) in [5.74, 6) is 0.327. The molecule has 0 atom stereocenters. The molecule has 0 aliphatic carbocycles. The molecule has 2 aromatic rings. The molecular weight excluding hydrogens is 266 g/mol. The summed E-state index contributed by atoms with van der Waals surface area (Å²) in [6.45, 7) is 7.46. The van der Waals surface area contributed by atoms with Crippen LogP contribution in [0.15, 0.2) is 23.0 Å². The highest BCUT2D eigenvalue weighted by molar-refractivity contribution is 5.92. The van der Waals surface area contributed by atoms with E-state index in [-0.39, 0.29) is 17.9 Å². The number of aryl methyl sites for hydroxylation is 4. The molecule has 1 aromatic carbocycles. The van der Waals surface area contributed by atoms with E-state index >= 15 is 0 Å². The van der Waals surface area contributed by atoms with Gasteiger partial charge in [-0.25, -0.2) is 4.98 Å². The number of nitrogens with one attached hydrogen (secondary N) is 2. The van der Waals surface area contributed by atoms with Crippen molar-refractivity contribution in [2.24, 2.45) is 0 Å². The summed E-state index contributed by atoms with van der Waals surface area (Å²) in [6.07, 6.45) is 0.0152. The molecule has 0 saturated carbocycles. The molecule has 2 rings (SSSR count). The number of H-pyrrole nitrogens is 1. The highest BCUT2D eigenvalue weighted by Gasteiger charge is 2.12. The number of benzene rings is 1. The number of aromatic amines is 1. The minimum atomic E-state index is -0.254. The van der Waals surface area contributed by atoms with E-state index in [1.165, 1.54) is 5.56 Å². The van der Waals surface area contributed by atoms with Gasteiger partial charge in [0.15, 0.2) is 0 Å². The molecule has 1 aromatic heterocycles. The van der Waals surface area contributed by atoms with E-state index in [0.717, 1.165) is 11.3 Å². The molecule has 2 N–H and O–H groups in total. The fourth-order valence-corrected chi connectivity index (χ4v) is 2.14. The van der Waals surface area contributed by atoms with Crippen LogP contribution < -0.4 is 10.9 Å². The van der Waals surface area contributed by atoms with Crippen molar-refractivity contribution < 1.29 is 4.79 Å². The van der Waals surface area contributed by atoms with Crippen molar-refractivity contribution in [1.29, 1.82) is 0 Å². The second-order valence-corrected chi connectivity index (χ2v) is 5.24. The highest BCUT2D eigenvalue weighted by atomic mass is 16.2. The van der Waals surface area contributed by atoms with Crippen molar-refractivity contribution in [1.82, 2.24) is 9.97 Å². The number of rotatable bonds is 3. The summed E-state index contributed by atoms with van der Waals surface area (Å²) in [5, 5.41) is 2.81. The molecule has 110 valence electrons. The summed E-state index contributed by atoms with van der Waals surface area (Å²) in [4.78, 5) is 30.8. The number of hydrogen-bond donors (Lipinski definition) is 2. The van der Waals surface area contributed by atoms with E-state index in [2.05, 4.69) is 15.3 Å². The van der Waals surface area contributed by atoms with Gasteiger partial charge in [0, 0.05) is 16.9 Å². The first-order valence-electron chi connectivity index (χ1n) is 6.80. The van der Waals surface area contributed by atoms with E-state index in [1.54, 1.807) is 13.8 Å². The molecule has 0 spiro atoms. The number of nitrogens with zero attached hydrogens (tertiary/aromatic N) is 1. The number of aromatic nitrogens is 2. The van der Waals surface area contributed by atoms with Gasteiger partial charge in [-0.2, -0.15) is 0 Å². The molecule has 0 saturated heterocycles. The minimum absolute atomic E-state index is 0.0152. The van der Waals surface area contributed by atoms with Crippen LogP contribution in [0.4, 0.5) is 5.69 Å². The average molecular weight is 285 g/mol. The first kappa shape index (κ1) is 15.0. The van der Waals surface area contributed by atoms with Crippen LogP contribution in [0.1, 0.15) is 28.2 Å². The predicted octanol–water partition coefficient (Wildman–Crippen LogP) is 2.18. The third-order valence-electron chi connectivity index (χ3n) is 3.47. The molecule has 0 aliphatic rings. The van der Waals surface area contributed by atoms with Gasteiger partial charge in [0.1, 0.15) is 5.82 Å². The summed E-state index contributed by atoms with van der Waals surface area (Å²) < 4.78 is 0. The molecule has 0 aliphatic heterocycles. The van der Waals surface area contributed by atoms with Gasteiger partial charge in [0.05, 0.1) is 6.42 Å². The van der Waals surface area contributed by atoms with Gasteiger partial charge in [0.2, 0.25) is 5.91 Å². The highest BCUT2D eigenvalue weighted by Crippen LogP contribution is 2.14. The maximum Gasteiger partial charge on any atom is 0.254 e. The first-order valence-corrected chi connectivity index (χ1v) is 6.80. The van der Waals surface area contributed by atoms with Gasteiger partial charge in [-0.1, -0.05) is 6.07 Å². The lowest BCUT2D eigenvalue weighted by Gasteiger charge is -2.08. The Balaban J connectivity index is 2.15. The van der Waals surface area contributed by atoms with Crippen LogP contribution in [0.5, 0.6) is 0 Å². The van der Waals surface area contributed by atoms with Crippen molar-refractivity contribution >= 4 is 11.6 Å². The van der Waals surface area contributed by atoms with Gasteiger partial charge in [0.25, 0.3) is 5.56 Å². The van der Waals surface area contributed by atoms with Crippen molar-refractivity contribution in [2.45, 2.75) is 34.1 Å². The minimum Gasteiger partial charge on any atom is -0.326 e. The summed E-state index contributed by atoms with van der Waals surface area (Å²) in [6, 6.07) is 5.72. The average Bonchev–Trinajstić information content (AvgIpc) is 2.38. The van der Waals surface area contributed by atoms with Crippen LogP contribution in [0, 0.1) is 27.7 Å². The van der Waals surface area contributed by atoms with Gasteiger partial charge in [-0.05, 0) is 51.0 Å². The molecule has 21 heavy (non-hydrogen) atoms. The predicted molar refractivity (Wildman–Crippen MR) is 82.6 cm³/mol. The Labute approximate surface area is 123 Å². The lowest BCUT2D eigenvalue weighted by molar-refractivity contribution is -0.115. The monoisotopic (exact) mass is 285 g/mol. The van der Waals surface area contributed by atoms with Crippen molar-refractivity contribution in [3.63, 3.8) is 0 Å².